The van der Waals surface area contributed by atoms with Crippen molar-refractivity contribution in [3.63, 3.8) is 0 Å². The molecule has 1 saturated heterocycles. The lowest BCUT2D eigenvalue weighted by atomic mass is 10.2. The molecule has 0 N–H and O–H groups in total. The molecular formula is C21H19ClF2N4O. The van der Waals surface area contributed by atoms with Crippen molar-refractivity contribution in [2.45, 2.75) is 6.92 Å². The molecular weight excluding hydrogens is 398 g/mol. The smallest absolute Gasteiger partial charge is 0.259 e. The third-order valence-electron chi connectivity index (χ3n) is 5.05. The van der Waals surface area contributed by atoms with Crippen molar-refractivity contribution in [1.29, 1.82) is 0 Å². The van der Waals surface area contributed by atoms with Crippen molar-refractivity contribution in [3.05, 3.63) is 76.6 Å². The molecule has 0 unspecified atom stereocenters. The highest BCUT2D eigenvalue weighted by molar-refractivity contribution is 6.33. The second kappa shape index (κ2) is 7.83. The topological polar surface area (TPSA) is 41.4 Å². The van der Waals surface area contributed by atoms with Crippen LogP contribution in [0.2, 0.25) is 5.15 Å². The highest BCUT2D eigenvalue weighted by Gasteiger charge is 2.28. The van der Waals surface area contributed by atoms with Crippen molar-refractivity contribution in [1.82, 2.24) is 14.7 Å². The predicted molar refractivity (Wildman–Crippen MR) is 108 cm³/mol. The summed E-state index contributed by atoms with van der Waals surface area (Å²) in [5, 5.41) is 4.57. The maximum atomic E-state index is 13.2. The van der Waals surface area contributed by atoms with Crippen LogP contribution in [0.15, 0.2) is 48.5 Å². The molecule has 1 aliphatic rings. The molecule has 0 aliphatic carbocycles. The van der Waals surface area contributed by atoms with E-state index in [4.69, 9.17) is 11.6 Å². The first-order chi connectivity index (χ1) is 13.9. The van der Waals surface area contributed by atoms with E-state index in [2.05, 4.69) is 10.00 Å². The minimum atomic E-state index is -0.357. The second-order valence-electron chi connectivity index (χ2n) is 6.90. The van der Waals surface area contributed by atoms with Crippen LogP contribution >= 0.6 is 11.6 Å². The Morgan fingerprint density at radius 2 is 1.41 bits per heavy atom. The van der Waals surface area contributed by atoms with Crippen molar-refractivity contribution in [2.75, 3.05) is 31.1 Å². The minimum Gasteiger partial charge on any atom is -0.368 e. The van der Waals surface area contributed by atoms with Crippen LogP contribution in [-0.2, 0) is 0 Å². The van der Waals surface area contributed by atoms with Crippen molar-refractivity contribution in [3.8, 4) is 5.69 Å². The zero-order valence-electron chi connectivity index (χ0n) is 15.8. The quantitative estimate of drug-likeness (QED) is 0.646. The molecule has 3 aromatic rings. The molecule has 0 atom stereocenters. The number of hydrogen-bond donors (Lipinski definition) is 0. The van der Waals surface area contributed by atoms with E-state index in [0.29, 0.717) is 43.1 Å². The van der Waals surface area contributed by atoms with Gasteiger partial charge in [-0.05, 0) is 55.5 Å². The van der Waals surface area contributed by atoms with Crippen LogP contribution in [0.1, 0.15) is 16.1 Å². The lowest BCUT2D eigenvalue weighted by Crippen LogP contribution is -2.49. The van der Waals surface area contributed by atoms with Gasteiger partial charge in [-0.2, -0.15) is 5.10 Å². The number of halogens is 3. The van der Waals surface area contributed by atoms with Crippen LogP contribution in [0.4, 0.5) is 14.5 Å². The zero-order chi connectivity index (χ0) is 20.5. The van der Waals surface area contributed by atoms with Gasteiger partial charge in [0.05, 0.1) is 16.9 Å². The normalized spacial score (nSPS) is 14.3. The van der Waals surface area contributed by atoms with Gasteiger partial charge in [0.1, 0.15) is 16.8 Å². The molecule has 0 spiro atoms. The summed E-state index contributed by atoms with van der Waals surface area (Å²) in [6, 6.07) is 12.1. The van der Waals surface area contributed by atoms with Gasteiger partial charge in [0.25, 0.3) is 5.91 Å². The summed E-state index contributed by atoms with van der Waals surface area (Å²) in [6.45, 7) is 4.05. The average molecular weight is 417 g/mol. The van der Waals surface area contributed by atoms with Gasteiger partial charge in [0.15, 0.2) is 0 Å². The van der Waals surface area contributed by atoms with Crippen molar-refractivity contribution in [2.24, 2.45) is 0 Å². The number of amides is 1. The average Bonchev–Trinajstić information content (AvgIpc) is 3.03. The van der Waals surface area contributed by atoms with Gasteiger partial charge < -0.3 is 9.80 Å². The third-order valence-corrected chi connectivity index (χ3v) is 5.40. The maximum Gasteiger partial charge on any atom is 0.259 e. The molecule has 1 amide bonds. The van der Waals surface area contributed by atoms with E-state index in [0.717, 1.165) is 5.69 Å². The van der Waals surface area contributed by atoms with Gasteiger partial charge in [-0.1, -0.05) is 11.6 Å². The standard InChI is InChI=1S/C21H19ClF2N4O/c1-14-19(20(22)28(25-14)18-8-4-16(24)5-9-18)21(29)27-12-10-26(11-13-27)17-6-2-15(23)3-7-17/h2-9H,10-13H2,1H3. The molecule has 0 bridgehead atoms. The first kappa shape index (κ1) is 19.4. The lowest BCUT2D eigenvalue weighted by molar-refractivity contribution is 0.0746. The Balaban J connectivity index is 1.50. The molecule has 1 fully saturated rings. The Labute approximate surface area is 172 Å². The van der Waals surface area contributed by atoms with Gasteiger partial charge in [-0.3, -0.25) is 4.79 Å². The van der Waals surface area contributed by atoms with E-state index >= 15 is 0 Å². The second-order valence-corrected chi connectivity index (χ2v) is 7.25. The summed E-state index contributed by atoms with van der Waals surface area (Å²) in [5.41, 5.74) is 2.38. The fourth-order valence-corrected chi connectivity index (χ4v) is 3.83. The number of hydrogen-bond acceptors (Lipinski definition) is 3. The molecule has 4 rings (SSSR count). The van der Waals surface area contributed by atoms with E-state index in [-0.39, 0.29) is 22.7 Å². The Hall–Kier alpha value is -2.93. The summed E-state index contributed by atoms with van der Waals surface area (Å²) in [4.78, 5) is 16.9. The Morgan fingerprint density at radius 3 is 1.97 bits per heavy atom. The Morgan fingerprint density at radius 1 is 0.897 bits per heavy atom. The molecule has 5 nitrogen and oxygen atoms in total. The van der Waals surface area contributed by atoms with E-state index in [1.807, 2.05) is 0 Å². The van der Waals surface area contributed by atoms with Gasteiger partial charge in [-0.25, -0.2) is 13.5 Å². The molecule has 150 valence electrons. The maximum absolute atomic E-state index is 13.2. The summed E-state index contributed by atoms with van der Waals surface area (Å²) < 4.78 is 27.7. The largest absolute Gasteiger partial charge is 0.368 e. The number of nitrogens with zero attached hydrogens (tertiary/aromatic N) is 4. The summed E-state index contributed by atoms with van der Waals surface area (Å²) in [7, 11) is 0. The van der Waals surface area contributed by atoms with Gasteiger partial charge >= 0.3 is 0 Å². The zero-order valence-corrected chi connectivity index (χ0v) is 16.5. The number of benzene rings is 2. The highest BCUT2D eigenvalue weighted by Crippen LogP contribution is 2.26. The molecule has 2 heterocycles. The lowest BCUT2D eigenvalue weighted by Gasteiger charge is -2.36. The number of aryl methyl sites for hydroxylation is 1. The molecule has 1 aliphatic heterocycles. The van der Waals surface area contributed by atoms with Gasteiger partial charge in [0.2, 0.25) is 0 Å². The van der Waals surface area contributed by atoms with Crippen LogP contribution in [0.25, 0.3) is 5.69 Å². The highest BCUT2D eigenvalue weighted by atomic mass is 35.5. The SMILES string of the molecule is Cc1nn(-c2ccc(F)cc2)c(Cl)c1C(=O)N1CCN(c2ccc(F)cc2)CC1. The first-order valence-electron chi connectivity index (χ1n) is 9.25. The van der Waals surface area contributed by atoms with E-state index in [9.17, 15) is 13.6 Å². The van der Waals surface area contributed by atoms with Crippen LogP contribution in [0.5, 0.6) is 0 Å². The number of aromatic nitrogens is 2. The first-order valence-corrected chi connectivity index (χ1v) is 9.62. The monoisotopic (exact) mass is 416 g/mol. The van der Waals surface area contributed by atoms with Gasteiger partial charge in [0, 0.05) is 31.9 Å². The Bertz CT molecular complexity index is 1030. The van der Waals surface area contributed by atoms with Crippen molar-refractivity contribution < 1.29 is 13.6 Å². The summed E-state index contributed by atoms with van der Waals surface area (Å²) >= 11 is 6.47. The van der Waals surface area contributed by atoms with Gasteiger partial charge in [-0.15, -0.1) is 0 Å². The number of anilines is 1. The fraction of sp³-hybridized carbons (Fsp3) is 0.238. The molecule has 0 saturated carbocycles. The Kier molecular flexibility index (Phi) is 5.24. The molecule has 2 aromatic carbocycles. The molecule has 1 aromatic heterocycles. The van der Waals surface area contributed by atoms with Crippen LogP contribution in [0.3, 0.4) is 0 Å². The van der Waals surface area contributed by atoms with Crippen LogP contribution < -0.4 is 4.90 Å². The minimum absolute atomic E-state index is 0.181. The van der Waals surface area contributed by atoms with E-state index in [1.165, 1.54) is 28.9 Å². The number of carbonyl (C=O) groups is 1. The number of piperazine rings is 1. The molecule has 8 heteroatoms. The van der Waals surface area contributed by atoms with E-state index < -0.39 is 0 Å². The molecule has 0 radical (unpaired) electrons. The third kappa shape index (κ3) is 3.82. The number of carbonyl (C=O) groups excluding carboxylic acids is 1. The van der Waals surface area contributed by atoms with Crippen LogP contribution in [-0.4, -0.2) is 46.8 Å². The number of rotatable bonds is 3. The van der Waals surface area contributed by atoms with Crippen LogP contribution in [0, 0.1) is 18.6 Å². The molecule has 29 heavy (non-hydrogen) atoms. The summed E-state index contributed by atoms with van der Waals surface area (Å²) in [6.07, 6.45) is 0. The fourth-order valence-electron chi connectivity index (χ4n) is 3.47. The van der Waals surface area contributed by atoms with Crippen molar-refractivity contribution >= 4 is 23.2 Å². The van der Waals surface area contributed by atoms with E-state index in [1.54, 1.807) is 36.1 Å². The summed E-state index contributed by atoms with van der Waals surface area (Å²) in [5.74, 6) is -0.811. The predicted octanol–water partition coefficient (Wildman–Crippen LogP) is 4.07.